The van der Waals surface area contributed by atoms with Gasteiger partial charge in [-0.3, -0.25) is 0 Å². The van der Waals surface area contributed by atoms with Crippen molar-refractivity contribution in [1.29, 1.82) is 5.26 Å². The minimum absolute atomic E-state index is 0.602. The van der Waals surface area contributed by atoms with Gasteiger partial charge in [-0.25, -0.2) is 15.0 Å². The fourth-order valence-corrected chi connectivity index (χ4v) is 8.79. The van der Waals surface area contributed by atoms with E-state index in [1.165, 1.54) is 11.1 Å². The highest BCUT2D eigenvalue weighted by molar-refractivity contribution is 6.00. The number of para-hydroxylation sites is 1. The molecule has 1 spiro atoms. The first-order valence-corrected chi connectivity index (χ1v) is 18.7. The molecule has 0 amide bonds. The molecule has 8 aromatic carbocycles. The number of fused-ring (bicyclic) bond motifs is 10. The maximum atomic E-state index is 9.95. The van der Waals surface area contributed by atoms with Crippen molar-refractivity contribution in [1.82, 2.24) is 15.0 Å². The summed E-state index contributed by atoms with van der Waals surface area (Å²) in [6.45, 7) is 0. The molecule has 11 rings (SSSR count). The molecule has 0 bridgehead atoms. The molecular formula is C51H30N4O. The molecule has 0 fully saturated rings. The predicted octanol–water partition coefficient (Wildman–Crippen LogP) is 12.0. The Morgan fingerprint density at radius 2 is 0.929 bits per heavy atom. The molecule has 1 unspecified atom stereocenters. The van der Waals surface area contributed by atoms with Crippen molar-refractivity contribution in [2.45, 2.75) is 5.41 Å². The first kappa shape index (κ1) is 31.8. The molecule has 1 aliphatic carbocycles. The monoisotopic (exact) mass is 714 g/mol. The van der Waals surface area contributed by atoms with Crippen molar-refractivity contribution < 1.29 is 4.74 Å². The van der Waals surface area contributed by atoms with Gasteiger partial charge in [-0.15, -0.1) is 0 Å². The SMILES string of the molecule is N#Cc1ccc(-c2ccc3c(c2)C2(c4ccccc4O3)c3ccccc3-c3ccc(-c4nc(-c5ccccc5)nc(-c5ccccc5)n4)cc32)c2ccccc12. The smallest absolute Gasteiger partial charge is 0.164 e. The highest BCUT2D eigenvalue weighted by Crippen LogP contribution is 2.62. The van der Waals surface area contributed by atoms with E-state index in [9.17, 15) is 5.26 Å². The molecule has 56 heavy (non-hydrogen) atoms. The first-order valence-electron chi connectivity index (χ1n) is 18.7. The Balaban J connectivity index is 1.19. The van der Waals surface area contributed by atoms with Gasteiger partial charge >= 0.3 is 0 Å². The third-order valence-electron chi connectivity index (χ3n) is 11.3. The third-order valence-corrected chi connectivity index (χ3v) is 11.3. The summed E-state index contributed by atoms with van der Waals surface area (Å²) >= 11 is 0. The lowest BCUT2D eigenvalue weighted by Crippen LogP contribution is -2.32. The highest BCUT2D eigenvalue weighted by atomic mass is 16.5. The molecule has 2 heterocycles. The Labute approximate surface area is 323 Å². The maximum absolute atomic E-state index is 9.95. The highest BCUT2D eigenvalue weighted by Gasteiger charge is 2.51. The van der Waals surface area contributed by atoms with Gasteiger partial charge in [-0.05, 0) is 69.1 Å². The molecule has 260 valence electrons. The minimum atomic E-state index is -0.720. The predicted molar refractivity (Wildman–Crippen MR) is 221 cm³/mol. The van der Waals surface area contributed by atoms with Crippen LogP contribution in [0.2, 0.25) is 0 Å². The van der Waals surface area contributed by atoms with E-state index >= 15 is 0 Å². The number of nitriles is 1. The van der Waals surface area contributed by atoms with Gasteiger partial charge < -0.3 is 4.74 Å². The molecule has 0 saturated heterocycles. The van der Waals surface area contributed by atoms with Crippen molar-refractivity contribution >= 4 is 10.8 Å². The zero-order chi connectivity index (χ0) is 37.2. The van der Waals surface area contributed by atoms with Gasteiger partial charge in [0.05, 0.1) is 17.0 Å². The summed E-state index contributed by atoms with van der Waals surface area (Å²) < 4.78 is 6.78. The number of hydrogen-bond acceptors (Lipinski definition) is 5. The number of aromatic nitrogens is 3. The molecular weight excluding hydrogens is 685 g/mol. The molecule has 1 aliphatic heterocycles. The van der Waals surface area contributed by atoms with E-state index in [-0.39, 0.29) is 0 Å². The molecule has 1 aromatic heterocycles. The summed E-state index contributed by atoms with van der Waals surface area (Å²) in [5.41, 5.74) is 11.6. The average molecular weight is 715 g/mol. The summed E-state index contributed by atoms with van der Waals surface area (Å²) in [5, 5.41) is 11.9. The lowest BCUT2D eigenvalue weighted by atomic mass is 9.65. The van der Waals surface area contributed by atoms with Crippen LogP contribution < -0.4 is 4.74 Å². The fraction of sp³-hybridized carbons (Fsp3) is 0.0196. The molecule has 0 N–H and O–H groups in total. The maximum Gasteiger partial charge on any atom is 0.164 e. The van der Waals surface area contributed by atoms with E-state index in [0.29, 0.717) is 23.0 Å². The van der Waals surface area contributed by atoms with Gasteiger partial charge in [0.2, 0.25) is 0 Å². The second-order valence-electron chi connectivity index (χ2n) is 14.2. The Kier molecular flexibility index (Phi) is 7.07. The van der Waals surface area contributed by atoms with Crippen molar-refractivity contribution in [2.24, 2.45) is 0 Å². The normalized spacial score (nSPS) is 14.6. The van der Waals surface area contributed by atoms with Crippen LogP contribution in [0.3, 0.4) is 0 Å². The van der Waals surface area contributed by atoms with Gasteiger partial charge in [0.25, 0.3) is 0 Å². The second-order valence-corrected chi connectivity index (χ2v) is 14.2. The van der Waals surface area contributed by atoms with Crippen molar-refractivity contribution in [3.63, 3.8) is 0 Å². The molecule has 2 aliphatic rings. The largest absolute Gasteiger partial charge is 0.457 e. The van der Waals surface area contributed by atoms with E-state index < -0.39 is 5.41 Å². The van der Waals surface area contributed by atoms with Gasteiger partial charge in [-0.1, -0.05) is 152 Å². The standard InChI is InChI=1S/C51H30N4O/c52-31-36-24-26-38(39-18-8-7-17-37(36)39)34-25-28-47-45(29-34)51(43-21-11-12-22-46(43)56-47)42-20-10-9-19-40(42)41-27-23-35(30-44(41)51)50-54-48(32-13-3-1-4-14-32)53-49(55-50)33-15-5-2-6-16-33/h1-30H. The molecule has 5 nitrogen and oxygen atoms in total. The van der Waals surface area contributed by atoms with E-state index in [2.05, 4.69) is 97.1 Å². The molecule has 0 radical (unpaired) electrons. The Morgan fingerprint density at radius 1 is 0.393 bits per heavy atom. The van der Waals surface area contributed by atoms with Crippen LogP contribution in [0.4, 0.5) is 0 Å². The fourth-order valence-electron chi connectivity index (χ4n) is 8.79. The minimum Gasteiger partial charge on any atom is -0.457 e. The Hall–Kier alpha value is -7.68. The van der Waals surface area contributed by atoms with Crippen LogP contribution >= 0.6 is 0 Å². The number of hydrogen-bond donors (Lipinski definition) is 0. The van der Waals surface area contributed by atoms with Gasteiger partial charge in [0.1, 0.15) is 11.5 Å². The first-order chi connectivity index (χ1) is 27.7. The lowest BCUT2D eigenvalue weighted by molar-refractivity contribution is 0.436. The average Bonchev–Trinajstić information content (AvgIpc) is 3.56. The van der Waals surface area contributed by atoms with Crippen molar-refractivity contribution in [2.75, 3.05) is 0 Å². The molecule has 1 atom stereocenters. The van der Waals surface area contributed by atoms with E-state index in [1.54, 1.807) is 0 Å². The van der Waals surface area contributed by atoms with Crippen LogP contribution in [0.15, 0.2) is 182 Å². The molecule has 0 saturated carbocycles. The van der Waals surface area contributed by atoms with Gasteiger partial charge in [-0.2, -0.15) is 5.26 Å². The van der Waals surface area contributed by atoms with E-state index in [0.717, 1.165) is 72.3 Å². The van der Waals surface area contributed by atoms with Crippen molar-refractivity contribution in [3.8, 4) is 74.0 Å². The Bertz CT molecular complexity index is 3020. The number of rotatable bonds is 4. The number of ether oxygens (including phenoxy) is 1. The summed E-state index contributed by atoms with van der Waals surface area (Å²) in [5.74, 6) is 3.46. The lowest BCUT2D eigenvalue weighted by Gasteiger charge is -2.39. The summed E-state index contributed by atoms with van der Waals surface area (Å²) in [7, 11) is 0. The Morgan fingerprint density at radius 3 is 1.66 bits per heavy atom. The zero-order valence-corrected chi connectivity index (χ0v) is 30.0. The molecule has 5 heteroatoms. The van der Waals surface area contributed by atoms with E-state index in [4.69, 9.17) is 19.7 Å². The second kappa shape index (κ2) is 12.4. The van der Waals surface area contributed by atoms with Crippen molar-refractivity contribution in [3.05, 3.63) is 210 Å². The van der Waals surface area contributed by atoms with Crippen LogP contribution in [-0.2, 0) is 5.41 Å². The van der Waals surface area contributed by atoms with Gasteiger partial charge in [0, 0.05) is 33.2 Å². The van der Waals surface area contributed by atoms with Crippen LogP contribution in [0, 0.1) is 11.3 Å². The van der Waals surface area contributed by atoms with Crippen LogP contribution in [-0.4, -0.2) is 15.0 Å². The molecule has 9 aromatic rings. The quantitative estimate of drug-likeness (QED) is 0.181. The zero-order valence-electron chi connectivity index (χ0n) is 30.0. The summed E-state index contributed by atoms with van der Waals surface area (Å²) in [4.78, 5) is 15.2. The van der Waals surface area contributed by atoms with E-state index in [1.807, 2.05) is 91.0 Å². The number of benzene rings is 8. The van der Waals surface area contributed by atoms with Crippen LogP contribution in [0.25, 0.3) is 67.2 Å². The summed E-state index contributed by atoms with van der Waals surface area (Å²) in [6, 6.07) is 65.0. The number of nitrogens with zero attached hydrogens (tertiary/aromatic N) is 4. The third kappa shape index (κ3) is 4.70. The topological polar surface area (TPSA) is 71.7 Å². The van der Waals surface area contributed by atoms with Crippen LogP contribution in [0.5, 0.6) is 11.5 Å². The summed E-state index contributed by atoms with van der Waals surface area (Å²) in [6.07, 6.45) is 0. The van der Waals surface area contributed by atoms with Gasteiger partial charge in [0.15, 0.2) is 17.5 Å². The van der Waals surface area contributed by atoms with Crippen LogP contribution in [0.1, 0.15) is 27.8 Å².